The van der Waals surface area contributed by atoms with Crippen LogP contribution in [0.4, 0.5) is 4.39 Å². The van der Waals surface area contributed by atoms with Crippen molar-refractivity contribution in [1.29, 1.82) is 0 Å². The third-order valence-electron chi connectivity index (χ3n) is 3.99. The van der Waals surface area contributed by atoms with Gasteiger partial charge >= 0.3 is 5.97 Å². The molecule has 1 heterocycles. The van der Waals surface area contributed by atoms with Crippen LogP contribution >= 0.6 is 0 Å². The highest BCUT2D eigenvalue weighted by atomic mass is 19.1. The van der Waals surface area contributed by atoms with E-state index in [1.54, 1.807) is 0 Å². The summed E-state index contributed by atoms with van der Waals surface area (Å²) in [4.78, 5) is 34.9. The number of rotatable bonds is 7. The molecular formula is C20H16FNO7. The van der Waals surface area contributed by atoms with Crippen LogP contribution in [0.25, 0.3) is 6.08 Å². The van der Waals surface area contributed by atoms with Crippen molar-refractivity contribution in [2.75, 3.05) is 13.2 Å². The van der Waals surface area contributed by atoms with Crippen LogP contribution in [0.5, 0.6) is 11.5 Å². The van der Waals surface area contributed by atoms with Gasteiger partial charge in [0.2, 0.25) is 5.78 Å². The number of carbonyl (C=O) groups is 3. The van der Waals surface area contributed by atoms with Gasteiger partial charge in [0.1, 0.15) is 23.4 Å². The van der Waals surface area contributed by atoms with E-state index in [1.807, 2.05) is 0 Å². The summed E-state index contributed by atoms with van der Waals surface area (Å²) in [7, 11) is 0. The van der Waals surface area contributed by atoms with Crippen LogP contribution in [0.2, 0.25) is 0 Å². The summed E-state index contributed by atoms with van der Waals surface area (Å²) in [6.45, 7) is -1.24. The monoisotopic (exact) mass is 401 g/mol. The Balaban J connectivity index is 1.66. The van der Waals surface area contributed by atoms with Crippen molar-refractivity contribution in [3.8, 4) is 11.5 Å². The lowest BCUT2D eigenvalue weighted by Crippen LogP contribution is -2.45. The number of ether oxygens (including phenoxy) is 2. The van der Waals surface area contributed by atoms with Crippen molar-refractivity contribution < 1.29 is 38.5 Å². The van der Waals surface area contributed by atoms with Crippen molar-refractivity contribution >= 4 is 23.7 Å². The molecule has 1 atom stereocenters. The van der Waals surface area contributed by atoms with Crippen LogP contribution in [-0.4, -0.2) is 47.1 Å². The van der Waals surface area contributed by atoms with Gasteiger partial charge in [-0.2, -0.15) is 0 Å². The van der Waals surface area contributed by atoms with Crippen molar-refractivity contribution in [1.82, 2.24) is 5.32 Å². The number of nitrogens with one attached hydrogen (secondary N) is 1. The minimum atomic E-state index is -1.42. The first-order chi connectivity index (χ1) is 13.9. The Hall–Kier alpha value is -3.72. The minimum Gasteiger partial charge on any atom is -0.484 e. The first-order valence-electron chi connectivity index (χ1n) is 8.47. The molecule has 0 saturated carbocycles. The normalized spacial score (nSPS) is 14.8. The van der Waals surface area contributed by atoms with Crippen LogP contribution in [0.3, 0.4) is 0 Å². The quantitative estimate of drug-likeness (QED) is 0.599. The average Bonchev–Trinajstić information content (AvgIpc) is 3.01. The lowest BCUT2D eigenvalue weighted by Gasteiger charge is -2.12. The highest BCUT2D eigenvalue weighted by Gasteiger charge is 2.28. The molecule has 0 spiro atoms. The van der Waals surface area contributed by atoms with Crippen molar-refractivity contribution in [2.24, 2.45) is 0 Å². The van der Waals surface area contributed by atoms with Gasteiger partial charge < -0.3 is 25.0 Å². The third-order valence-corrected chi connectivity index (χ3v) is 3.99. The zero-order valence-electron chi connectivity index (χ0n) is 14.9. The summed E-state index contributed by atoms with van der Waals surface area (Å²) in [5.41, 5.74) is 0.897. The number of allylic oxidation sites excluding steroid dienone is 1. The Morgan fingerprint density at radius 2 is 1.93 bits per heavy atom. The number of ketones is 1. The molecule has 29 heavy (non-hydrogen) atoms. The van der Waals surface area contributed by atoms with Gasteiger partial charge in [0.25, 0.3) is 5.91 Å². The maximum atomic E-state index is 13.0. The van der Waals surface area contributed by atoms with Crippen molar-refractivity contribution in [3.05, 3.63) is 65.2 Å². The third kappa shape index (κ3) is 4.77. The van der Waals surface area contributed by atoms with E-state index in [9.17, 15) is 18.8 Å². The fourth-order valence-electron chi connectivity index (χ4n) is 2.54. The smallest absolute Gasteiger partial charge is 0.328 e. The number of aliphatic hydroxyl groups is 1. The molecular weight excluding hydrogens is 385 g/mol. The fraction of sp³-hybridized carbons (Fsp3) is 0.150. The first-order valence-corrected chi connectivity index (χ1v) is 8.47. The molecule has 1 amide bonds. The highest BCUT2D eigenvalue weighted by molar-refractivity contribution is 6.14. The Labute approximate surface area is 164 Å². The number of amides is 1. The van der Waals surface area contributed by atoms with Crippen LogP contribution < -0.4 is 14.8 Å². The molecule has 0 aromatic heterocycles. The molecule has 1 unspecified atom stereocenters. The van der Waals surface area contributed by atoms with E-state index < -0.39 is 36.9 Å². The van der Waals surface area contributed by atoms with Gasteiger partial charge in [-0.1, -0.05) is 12.1 Å². The summed E-state index contributed by atoms with van der Waals surface area (Å²) in [6, 6.07) is 8.48. The molecule has 9 heteroatoms. The number of carboxylic acid groups (broad SMARTS) is 1. The van der Waals surface area contributed by atoms with Crippen LogP contribution in [-0.2, 0) is 9.59 Å². The molecule has 3 rings (SSSR count). The van der Waals surface area contributed by atoms with Crippen LogP contribution in [0, 0.1) is 5.82 Å². The minimum absolute atomic E-state index is 0.0637. The summed E-state index contributed by atoms with van der Waals surface area (Å²) < 4.78 is 23.8. The molecule has 0 radical (unpaired) electrons. The second-order valence-electron chi connectivity index (χ2n) is 6.08. The number of carbonyl (C=O) groups excluding carboxylic acids is 2. The van der Waals surface area contributed by atoms with Crippen LogP contribution in [0.15, 0.2) is 48.2 Å². The summed E-state index contributed by atoms with van der Waals surface area (Å²) in [6.07, 6.45) is 1.48. The summed E-state index contributed by atoms with van der Waals surface area (Å²) >= 11 is 0. The molecule has 0 aliphatic carbocycles. The first kappa shape index (κ1) is 20.0. The van der Waals surface area contributed by atoms with Gasteiger partial charge in [-0.25, -0.2) is 9.18 Å². The Kier molecular flexibility index (Phi) is 5.89. The second-order valence-corrected chi connectivity index (χ2v) is 6.08. The zero-order chi connectivity index (χ0) is 21.0. The van der Waals surface area contributed by atoms with E-state index in [2.05, 4.69) is 5.32 Å². The molecule has 0 bridgehead atoms. The van der Waals surface area contributed by atoms with Crippen molar-refractivity contribution in [3.63, 3.8) is 0 Å². The second kappa shape index (κ2) is 8.53. The lowest BCUT2D eigenvalue weighted by molar-refractivity contribution is -0.143. The summed E-state index contributed by atoms with van der Waals surface area (Å²) in [5.74, 6) is -2.32. The van der Waals surface area contributed by atoms with Crippen LogP contribution in [0.1, 0.15) is 15.9 Å². The molecule has 8 nitrogen and oxygen atoms in total. The maximum absolute atomic E-state index is 13.0. The molecule has 0 fully saturated rings. The van der Waals surface area contributed by atoms with E-state index >= 15 is 0 Å². The number of aliphatic hydroxyl groups excluding tert-OH is 1. The predicted octanol–water partition coefficient (Wildman–Crippen LogP) is 1.38. The largest absolute Gasteiger partial charge is 0.484 e. The number of aliphatic carboxylic acids is 1. The molecule has 150 valence electrons. The number of fused-ring (bicyclic) bond motifs is 1. The topological polar surface area (TPSA) is 122 Å². The number of Topliss-reactive ketones (excluding diaryl/α,β-unsaturated/α-hetero) is 1. The molecule has 2 aromatic carbocycles. The highest BCUT2D eigenvalue weighted by Crippen LogP contribution is 2.34. The number of halogens is 1. The van der Waals surface area contributed by atoms with Gasteiger partial charge in [-0.15, -0.1) is 0 Å². The molecule has 2 aromatic rings. The van der Waals surface area contributed by atoms with E-state index in [1.165, 1.54) is 48.5 Å². The SMILES string of the molecule is O=C(COc1ccc2c(c1)OC(=Cc1ccc(F)cc1)C2=O)NC(CO)C(=O)O. The number of hydrogen-bond donors (Lipinski definition) is 3. The number of benzene rings is 2. The Bertz CT molecular complexity index is 985. The molecule has 3 N–H and O–H groups in total. The number of carboxylic acids is 1. The zero-order valence-corrected chi connectivity index (χ0v) is 14.9. The van der Waals surface area contributed by atoms with Gasteiger partial charge in [0.15, 0.2) is 12.4 Å². The van der Waals surface area contributed by atoms with E-state index in [4.69, 9.17) is 19.7 Å². The molecule has 1 aliphatic heterocycles. The van der Waals surface area contributed by atoms with E-state index in [-0.39, 0.29) is 23.0 Å². The average molecular weight is 401 g/mol. The van der Waals surface area contributed by atoms with Gasteiger partial charge in [-0.3, -0.25) is 9.59 Å². The Morgan fingerprint density at radius 1 is 1.21 bits per heavy atom. The predicted molar refractivity (Wildman–Crippen MR) is 97.9 cm³/mol. The molecule has 1 aliphatic rings. The van der Waals surface area contributed by atoms with Gasteiger partial charge in [0, 0.05) is 6.07 Å². The maximum Gasteiger partial charge on any atom is 0.328 e. The Morgan fingerprint density at radius 3 is 2.59 bits per heavy atom. The van der Waals surface area contributed by atoms with Gasteiger partial charge in [0.05, 0.1) is 12.2 Å². The summed E-state index contributed by atoms with van der Waals surface area (Å²) in [5, 5.41) is 19.8. The number of hydrogen-bond acceptors (Lipinski definition) is 6. The van der Waals surface area contributed by atoms with E-state index in [0.717, 1.165) is 0 Å². The fourth-order valence-corrected chi connectivity index (χ4v) is 2.54. The lowest BCUT2D eigenvalue weighted by atomic mass is 10.1. The molecule has 0 saturated heterocycles. The van der Waals surface area contributed by atoms with E-state index in [0.29, 0.717) is 11.1 Å². The standard InChI is InChI=1S/C20H16FNO7/c21-12-3-1-11(2-4-12)7-17-19(25)14-6-5-13(8-16(14)29-17)28-10-18(24)22-15(9-23)20(26)27/h1-8,15,23H,9-10H2,(H,22,24)(H,26,27). The van der Waals surface area contributed by atoms with Crippen molar-refractivity contribution in [2.45, 2.75) is 6.04 Å². The van der Waals surface area contributed by atoms with Gasteiger partial charge in [-0.05, 0) is 35.9 Å².